The first kappa shape index (κ1) is 8.86. The minimum atomic E-state index is -3.30. The molecule has 0 radical (unpaired) electrons. The maximum absolute atomic E-state index is 11.3. The molecule has 0 spiro atoms. The van der Waals surface area contributed by atoms with Crippen molar-refractivity contribution in [3.8, 4) is 0 Å². The van der Waals surface area contributed by atoms with Gasteiger partial charge in [0, 0.05) is 6.20 Å². The largest absolute Gasteiger partial charge is 0.222 e. The molecule has 0 aliphatic rings. The van der Waals surface area contributed by atoms with E-state index in [4.69, 9.17) is 0 Å². The molecule has 0 saturated heterocycles. The summed E-state index contributed by atoms with van der Waals surface area (Å²) in [5.41, 5.74) is 0. The molecule has 0 amide bonds. The highest BCUT2D eigenvalue weighted by Crippen LogP contribution is 2.04. The third kappa shape index (κ3) is 1.88. The molecule has 0 bridgehead atoms. The van der Waals surface area contributed by atoms with Crippen LogP contribution in [0.4, 0.5) is 0 Å². The summed E-state index contributed by atoms with van der Waals surface area (Å²) in [5.74, 6) is -0.105. The van der Waals surface area contributed by atoms with Gasteiger partial charge in [-0.2, -0.15) is 5.10 Å². The zero-order valence-corrected chi connectivity index (χ0v) is 7.16. The number of aromatic nitrogens is 2. The summed E-state index contributed by atoms with van der Waals surface area (Å²) in [7, 11) is -3.30. The molecule has 0 fully saturated rings. The van der Waals surface area contributed by atoms with E-state index in [2.05, 4.69) is 16.8 Å². The van der Waals surface area contributed by atoms with E-state index in [9.17, 15) is 8.42 Å². The van der Waals surface area contributed by atoms with E-state index in [1.807, 2.05) is 0 Å². The van der Waals surface area contributed by atoms with Crippen molar-refractivity contribution in [2.24, 2.45) is 0 Å². The van der Waals surface area contributed by atoms with Crippen LogP contribution < -0.4 is 0 Å². The van der Waals surface area contributed by atoms with Gasteiger partial charge in [-0.1, -0.05) is 6.08 Å². The average molecular weight is 184 g/mol. The number of sulfone groups is 1. The van der Waals surface area contributed by atoms with Crippen LogP contribution in [0.2, 0.25) is 0 Å². The Balaban J connectivity index is 3.07. The van der Waals surface area contributed by atoms with E-state index in [-0.39, 0.29) is 10.8 Å². The Kier molecular flexibility index (Phi) is 2.54. The van der Waals surface area contributed by atoms with Gasteiger partial charge in [0.25, 0.3) is 0 Å². The molecular formula is C7H8N2O2S. The zero-order valence-electron chi connectivity index (χ0n) is 6.34. The SMILES string of the molecule is C=CCS(=O)(=O)c1cccnn1. The molecular weight excluding hydrogens is 176 g/mol. The smallest absolute Gasteiger partial charge is 0.200 e. The van der Waals surface area contributed by atoms with Gasteiger partial charge in [-0.15, -0.1) is 11.7 Å². The molecule has 12 heavy (non-hydrogen) atoms. The molecule has 1 aromatic rings. The summed E-state index contributed by atoms with van der Waals surface area (Å²) in [6.45, 7) is 3.34. The first-order valence-corrected chi connectivity index (χ1v) is 4.93. The highest BCUT2D eigenvalue weighted by Gasteiger charge is 2.12. The van der Waals surface area contributed by atoms with E-state index in [1.165, 1.54) is 24.4 Å². The van der Waals surface area contributed by atoms with E-state index in [0.717, 1.165) is 0 Å². The van der Waals surface area contributed by atoms with Gasteiger partial charge in [0.05, 0.1) is 5.75 Å². The van der Waals surface area contributed by atoms with Gasteiger partial charge in [0.2, 0.25) is 9.84 Å². The third-order valence-electron chi connectivity index (χ3n) is 1.20. The van der Waals surface area contributed by atoms with E-state index < -0.39 is 9.84 Å². The lowest BCUT2D eigenvalue weighted by Crippen LogP contribution is -2.07. The Morgan fingerprint density at radius 1 is 1.58 bits per heavy atom. The molecule has 1 heterocycles. The standard InChI is InChI=1S/C7H8N2O2S/c1-2-6-12(10,11)7-4-3-5-8-9-7/h2-5H,1,6H2. The topological polar surface area (TPSA) is 59.9 Å². The van der Waals surface area contributed by atoms with Crippen molar-refractivity contribution in [3.63, 3.8) is 0 Å². The molecule has 0 saturated carbocycles. The molecule has 4 nitrogen and oxygen atoms in total. The minimum absolute atomic E-state index is 0.00935. The fourth-order valence-electron chi connectivity index (χ4n) is 0.694. The second-order valence-corrected chi connectivity index (χ2v) is 4.11. The Morgan fingerprint density at radius 3 is 2.83 bits per heavy atom. The first-order valence-electron chi connectivity index (χ1n) is 3.28. The first-order chi connectivity index (χ1) is 5.67. The Bertz CT molecular complexity index is 358. The predicted molar refractivity (Wildman–Crippen MR) is 44.3 cm³/mol. The van der Waals surface area contributed by atoms with Gasteiger partial charge in [-0.05, 0) is 12.1 Å². The van der Waals surface area contributed by atoms with Crippen LogP contribution in [0.1, 0.15) is 0 Å². The van der Waals surface area contributed by atoms with Crippen molar-refractivity contribution in [1.29, 1.82) is 0 Å². The second-order valence-electron chi connectivity index (χ2n) is 2.13. The van der Waals surface area contributed by atoms with E-state index in [1.54, 1.807) is 0 Å². The van der Waals surface area contributed by atoms with Gasteiger partial charge in [0.1, 0.15) is 0 Å². The Hall–Kier alpha value is -1.23. The normalized spacial score (nSPS) is 11.0. The van der Waals surface area contributed by atoms with Crippen molar-refractivity contribution in [1.82, 2.24) is 10.2 Å². The lowest BCUT2D eigenvalue weighted by atomic mass is 10.6. The van der Waals surface area contributed by atoms with Crippen molar-refractivity contribution in [3.05, 3.63) is 31.0 Å². The summed E-state index contributed by atoms with van der Waals surface area (Å²) < 4.78 is 22.5. The Labute approximate surface area is 70.9 Å². The fourth-order valence-corrected chi connectivity index (χ4v) is 1.63. The summed E-state index contributed by atoms with van der Waals surface area (Å²) in [5, 5.41) is 6.94. The molecule has 64 valence electrons. The quantitative estimate of drug-likeness (QED) is 0.639. The molecule has 0 unspecified atom stereocenters. The number of nitrogens with zero attached hydrogens (tertiary/aromatic N) is 2. The van der Waals surface area contributed by atoms with Gasteiger partial charge in [0.15, 0.2) is 5.03 Å². The van der Waals surface area contributed by atoms with Crippen molar-refractivity contribution in [2.75, 3.05) is 5.75 Å². The van der Waals surface area contributed by atoms with Crippen LogP contribution in [0, 0.1) is 0 Å². The van der Waals surface area contributed by atoms with Crippen LogP contribution in [-0.4, -0.2) is 24.4 Å². The molecule has 1 rings (SSSR count). The summed E-state index contributed by atoms with van der Waals surface area (Å²) >= 11 is 0. The van der Waals surface area contributed by atoms with E-state index in [0.29, 0.717) is 0 Å². The molecule has 0 aliphatic carbocycles. The molecule has 5 heteroatoms. The minimum Gasteiger partial charge on any atom is -0.222 e. The molecule has 1 aromatic heterocycles. The van der Waals surface area contributed by atoms with Crippen LogP contribution in [0.3, 0.4) is 0 Å². The molecule has 0 aromatic carbocycles. The average Bonchev–Trinajstić information content (AvgIpc) is 2.06. The van der Waals surface area contributed by atoms with Crippen molar-refractivity contribution >= 4 is 9.84 Å². The van der Waals surface area contributed by atoms with Gasteiger partial charge in [-0.25, -0.2) is 8.42 Å². The number of hydrogen-bond donors (Lipinski definition) is 0. The molecule has 0 N–H and O–H groups in total. The van der Waals surface area contributed by atoms with Crippen LogP contribution in [0.25, 0.3) is 0 Å². The highest BCUT2D eigenvalue weighted by atomic mass is 32.2. The van der Waals surface area contributed by atoms with Crippen molar-refractivity contribution in [2.45, 2.75) is 5.03 Å². The van der Waals surface area contributed by atoms with Gasteiger partial charge >= 0.3 is 0 Å². The lowest BCUT2D eigenvalue weighted by Gasteiger charge is -1.96. The maximum Gasteiger partial charge on any atom is 0.200 e. The summed E-state index contributed by atoms with van der Waals surface area (Å²) in [6, 6.07) is 2.94. The second kappa shape index (κ2) is 3.44. The van der Waals surface area contributed by atoms with Crippen molar-refractivity contribution < 1.29 is 8.42 Å². The highest BCUT2D eigenvalue weighted by molar-refractivity contribution is 7.91. The third-order valence-corrected chi connectivity index (χ3v) is 2.73. The van der Waals surface area contributed by atoms with E-state index >= 15 is 0 Å². The van der Waals surface area contributed by atoms with Gasteiger partial charge < -0.3 is 0 Å². The lowest BCUT2D eigenvalue weighted by molar-refractivity contribution is 0.593. The number of rotatable bonds is 3. The molecule has 0 atom stereocenters. The van der Waals surface area contributed by atoms with Crippen LogP contribution in [0.5, 0.6) is 0 Å². The molecule has 0 aliphatic heterocycles. The van der Waals surface area contributed by atoms with Gasteiger partial charge in [-0.3, -0.25) is 0 Å². The summed E-state index contributed by atoms with van der Waals surface area (Å²) in [6.07, 6.45) is 2.75. The number of hydrogen-bond acceptors (Lipinski definition) is 4. The Morgan fingerprint density at radius 2 is 2.33 bits per heavy atom. The monoisotopic (exact) mass is 184 g/mol. The zero-order chi connectivity index (χ0) is 9.03. The maximum atomic E-state index is 11.3. The summed E-state index contributed by atoms with van der Waals surface area (Å²) in [4.78, 5) is 0. The predicted octanol–water partition coefficient (Wildman–Crippen LogP) is 0.436. The van der Waals surface area contributed by atoms with Crippen LogP contribution in [0.15, 0.2) is 36.0 Å². The van der Waals surface area contributed by atoms with Crippen LogP contribution >= 0.6 is 0 Å². The van der Waals surface area contributed by atoms with Crippen LogP contribution in [-0.2, 0) is 9.84 Å². The fraction of sp³-hybridized carbons (Fsp3) is 0.143.